The lowest BCUT2D eigenvalue weighted by Crippen LogP contribution is -2.22. The van der Waals surface area contributed by atoms with Crippen molar-refractivity contribution in [2.24, 2.45) is 0 Å². The first-order valence-electron chi connectivity index (χ1n) is 11.1. The van der Waals surface area contributed by atoms with Crippen LogP contribution in [0.1, 0.15) is 29.7 Å². The molecule has 1 fully saturated rings. The fourth-order valence-corrected chi connectivity index (χ4v) is 5.44. The average Bonchev–Trinajstić information content (AvgIpc) is 3.48. The SMILES string of the molecule is O=S(=O)(Cc1ccccc1)Nc1cc2c(C=Cc3ccccc3)n[nH]c2cc1N1CCCC1. The van der Waals surface area contributed by atoms with Crippen LogP contribution < -0.4 is 9.62 Å². The molecule has 33 heavy (non-hydrogen) atoms. The maximum Gasteiger partial charge on any atom is 0.236 e. The summed E-state index contributed by atoms with van der Waals surface area (Å²) < 4.78 is 28.9. The highest BCUT2D eigenvalue weighted by molar-refractivity contribution is 7.91. The number of nitrogens with zero attached hydrogens (tertiary/aromatic N) is 2. The zero-order valence-electron chi connectivity index (χ0n) is 18.2. The average molecular weight is 459 g/mol. The predicted octanol–water partition coefficient (Wildman–Crippen LogP) is 5.28. The summed E-state index contributed by atoms with van der Waals surface area (Å²) >= 11 is 0. The van der Waals surface area contributed by atoms with Gasteiger partial charge in [-0.05, 0) is 42.2 Å². The first-order valence-corrected chi connectivity index (χ1v) is 12.8. The Balaban J connectivity index is 1.52. The monoisotopic (exact) mass is 458 g/mol. The van der Waals surface area contributed by atoms with Gasteiger partial charge in [0.15, 0.2) is 0 Å². The molecule has 0 saturated carbocycles. The minimum atomic E-state index is -3.58. The van der Waals surface area contributed by atoms with Crippen LogP contribution >= 0.6 is 0 Å². The fourth-order valence-electron chi connectivity index (χ4n) is 4.24. The van der Waals surface area contributed by atoms with E-state index in [0.717, 1.165) is 59.3 Å². The molecular formula is C26H26N4O2S. The van der Waals surface area contributed by atoms with Gasteiger partial charge in [-0.15, -0.1) is 0 Å². The Hall–Kier alpha value is -3.58. The van der Waals surface area contributed by atoms with Crippen LogP contribution in [0.5, 0.6) is 0 Å². The van der Waals surface area contributed by atoms with E-state index in [1.54, 1.807) is 0 Å². The van der Waals surface area contributed by atoms with Crippen molar-refractivity contribution in [2.45, 2.75) is 18.6 Å². The van der Waals surface area contributed by atoms with Crippen LogP contribution in [0.25, 0.3) is 23.1 Å². The molecule has 3 aromatic carbocycles. The molecular weight excluding hydrogens is 432 g/mol. The van der Waals surface area contributed by atoms with E-state index in [-0.39, 0.29) is 5.75 Å². The maximum atomic E-state index is 13.0. The van der Waals surface area contributed by atoms with Gasteiger partial charge in [0.25, 0.3) is 0 Å². The summed E-state index contributed by atoms with van der Waals surface area (Å²) in [7, 11) is -3.58. The number of hydrogen-bond donors (Lipinski definition) is 2. The lowest BCUT2D eigenvalue weighted by atomic mass is 10.1. The molecule has 0 atom stereocenters. The molecule has 1 aromatic heterocycles. The Morgan fingerprint density at radius 3 is 2.36 bits per heavy atom. The summed E-state index contributed by atoms with van der Waals surface area (Å²) in [6, 6.07) is 23.2. The molecule has 2 heterocycles. The molecule has 7 heteroatoms. The zero-order valence-corrected chi connectivity index (χ0v) is 19.1. The molecule has 0 aliphatic carbocycles. The van der Waals surface area contributed by atoms with E-state index in [0.29, 0.717) is 5.69 Å². The Morgan fingerprint density at radius 1 is 0.939 bits per heavy atom. The van der Waals surface area contributed by atoms with Gasteiger partial charge in [-0.2, -0.15) is 5.10 Å². The van der Waals surface area contributed by atoms with Crippen molar-refractivity contribution in [2.75, 3.05) is 22.7 Å². The van der Waals surface area contributed by atoms with Crippen molar-refractivity contribution < 1.29 is 8.42 Å². The summed E-state index contributed by atoms with van der Waals surface area (Å²) in [5.74, 6) is -0.0720. The van der Waals surface area contributed by atoms with E-state index in [9.17, 15) is 8.42 Å². The number of anilines is 2. The molecule has 4 aromatic rings. The van der Waals surface area contributed by atoms with E-state index >= 15 is 0 Å². The summed E-state index contributed by atoms with van der Waals surface area (Å²) in [4.78, 5) is 2.24. The number of aromatic nitrogens is 2. The third kappa shape index (κ3) is 4.93. The first kappa shape index (κ1) is 21.3. The molecule has 1 aliphatic heterocycles. The van der Waals surface area contributed by atoms with E-state index in [1.165, 1.54) is 0 Å². The van der Waals surface area contributed by atoms with Gasteiger partial charge in [0.1, 0.15) is 0 Å². The number of H-pyrrole nitrogens is 1. The molecule has 2 N–H and O–H groups in total. The van der Waals surface area contributed by atoms with E-state index < -0.39 is 10.0 Å². The van der Waals surface area contributed by atoms with E-state index in [2.05, 4.69) is 19.8 Å². The Morgan fingerprint density at radius 2 is 1.64 bits per heavy atom. The van der Waals surface area contributed by atoms with Gasteiger partial charge >= 0.3 is 0 Å². The minimum Gasteiger partial charge on any atom is -0.370 e. The topological polar surface area (TPSA) is 78.1 Å². The van der Waals surface area contributed by atoms with Crippen LogP contribution in [0.3, 0.4) is 0 Å². The van der Waals surface area contributed by atoms with Crippen molar-refractivity contribution in [1.29, 1.82) is 0 Å². The Kier molecular flexibility index (Phi) is 5.88. The van der Waals surface area contributed by atoms with E-state index in [4.69, 9.17) is 0 Å². The summed E-state index contributed by atoms with van der Waals surface area (Å²) in [5.41, 5.74) is 4.96. The fraction of sp³-hybridized carbons (Fsp3) is 0.192. The van der Waals surface area contributed by atoms with Gasteiger partial charge in [-0.3, -0.25) is 9.82 Å². The zero-order chi connectivity index (χ0) is 22.7. The lowest BCUT2D eigenvalue weighted by Gasteiger charge is -2.22. The lowest BCUT2D eigenvalue weighted by molar-refractivity contribution is 0.600. The third-order valence-electron chi connectivity index (χ3n) is 5.85. The number of rotatable bonds is 7. The number of nitrogens with one attached hydrogen (secondary N) is 2. The van der Waals surface area contributed by atoms with Crippen molar-refractivity contribution in [3.05, 3.63) is 89.6 Å². The van der Waals surface area contributed by atoms with Crippen molar-refractivity contribution in [3.63, 3.8) is 0 Å². The number of aromatic amines is 1. The van der Waals surface area contributed by atoms with Gasteiger partial charge in [-0.25, -0.2) is 8.42 Å². The van der Waals surface area contributed by atoms with Crippen molar-refractivity contribution in [3.8, 4) is 0 Å². The third-order valence-corrected chi connectivity index (χ3v) is 7.10. The molecule has 0 unspecified atom stereocenters. The standard InChI is InChI=1S/C26H26N4O2S/c31-33(32,19-21-11-5-2-6-12-21)29-25-17-22-23(14-13-20-9-3-1-4-10-20)27-28-24(22)18-26(25)30-15-7-8-16-30/h1-6,9-14,17-18,29H,7-8,15-16,19H2,(H,27,28). The highest BCUT2D eigenvalue weighted by Gasteiger charge is 2.21. The molecule has 5 rings (SSSR count). The molecule has 0 spiro atoms. The second-order valence-corrected chi connectivity index (χ2v) is 10.0. The second kappa shape index (κ2) is 9.11. The Bertz CT molecular complexity index is 1370. The van der Waals surface area contributed by atoms with Crippen LogP contribution in [0.4, 0.5) is 11.4 Å². The minimum absolute atomic E-state index is 0.0720. The molecule has 1 saturated heterocycles. The highest BCUT2D eigenvalue weighted by atomic mass is 32.2. The number of hydrogen-bond acceptors (Lipinski definition) is 4. The van der Waals surface area contributed by atoms with Crippen LogP contribution in [0.15, 0.2) is 72.8 Å². The molecule has 1 aliphatic rings. The first-order chi connectivity index (χ1) is 16.1. The number of sulfonamides is 1. The van der Waals surface area contributed by atoms with Crippen LogP contribution in [0.2, 0.25) is 0 Å². The van der Waals surface area contributed by atoms with Crippen LogP contribution in [-0.4, -0.2) is 31.7 Å². The van der Waals surface area contributed by atoms with Crippen molar-refractivity contribution >= 4 is 44.5 Å². The van der Waals surface area contributed by atoms with Gasteiger partial charge < -0.3 is 4.90 Å². The number of fused-ring (bicyclic) bond motifs is 1. The second-order valence-electron chi connectivity index (χ2n) is 8.31. The number of benzene rings is 3. The Labute approximate surface area is 194 Å². The summed E-state index contributed by atoms with van der Waals surface area (Å²) in [6.45, 7) is 1.82. The molecule has 6 nitrogen and oxygen atoms in total. The highest BCUT2D eigenvalue weighted by Crippen LogP contribution is 2.35. The largest absolute Gasteiger partial charge is 0.370 e. The quantitative estimate of drug-likeness (QED) is 0.395. The normalized spacial score (nSPS) is 14.4. The predicted molar refractivity (Wildman–Crippen MR) is 136 cm³/mol. The van der Waals surface area contributed by atoms with Gasteiger partial charge in [0, 0.05) is 18.5 Å². The molecule has 0 amide bonds. The van der Waals surface area contributed by atoms with Crippen molar-refractivity contribution in [1.82, 2.24) is 10.2 Å². The van der Waals surface area contributed by atoms with E-state index in [1.807, 2.05) is 84.9 Å². The van der Waals surface area contributed by atoms with Gasteiger partial charge in [0.05, 0.1) is 28.3 Å². The summed E-state index contributed by atoms with van der Waals surface area (Å²) in [5, 5.41) is 8.47. The maximum absolute atomic E-state index is 13.0. The van der Waals surface area contributed by atoms with Gasteiger partial charge in [0.2, 0.25) is 10.0 Å². The molecule has 0 radical (unpaired) electrons. The molecule has 168 valence electrons. The molecule has 0 bridgehead atoms. The van der Waals surface area contributed by atoms with Crippen LogP contribution in [-0.2, 0) is 15.8 Å². The van der Waals surface area contributed by atoms with Gasteiger partial charge in [-0.1, -0.05) is 66.7 Å². The smallest absolute Gasteiger partial charge is 0.236 e. The van der Waals surface area contributed by atoms with Crippen LogP contribution in [0, 0.1) is 0 Å². The summed E-state index contributed by atoms with van der Waals surface area (Å²) in [6.07, 6.45) is 6.15.